The van der Waals surface area contributed by atoms with E-state index in [0.717, 1.165) is 10.6 Å². The third-order valence-electron chi connectivity index (χ3n) is 1.34. The average molecular weight is 262 g/mol. The molecule has 0 N–H and O–H groups in total. The van der Waals surface area contributed by atoms with Crippen LogP contribution >= 0.6 is 17.0 Å². The van der Waals surface area contributed by atoms with E-state index in [0.29, 0.717) is 0 Å². The van der Waals surface area contributed by atoms with Gasteiger partial charge in [0, 0.05) is 0 Å². The molecule has 1 aromatic rings. The Balaban J connectivity index is 0.000001000. The molecule has 1 rings (SSSR count). The van der Waals surface area contributed by atoms with Gasteiger partial charge in [-0.2, -0.15) is 0 Å². The number of rotatable bonds is 1. The zero-order chi connectivity index (χ0) is 7.40. The van der Waals surface area contributed by atoms with E-state index >= 15 is 0 Å². The zero-order valence-corrected chi connectivity index (χ0v) is 10.8. The molecule has 1 nitrogen and oxygen atoms in total. The van der Waals surface area contributed by atoms with E-state index in [1.54, 1.807) is 0 Å². The van der Waals surface area contributed by atoms with E-state index in [9.17, 15) is 0 Å². The molecular weight excluding hydrogens is 255 g/mol. The molecule has 0 saturated heterocycles. The van der Waals surface area contributed by atoms with Gasteiger partial charge in [0.1, 0.15) is 0 Å². The molecule has 0 amide bonds. The fraction of sp³-hybridized carbons (Fsp3) is 0.125. The molecule has 11 heavy (non-hydrogen) atoms. The van der Waals surface area contributed by atoms with Crippen molar-refractivity contribution in [2.24, 2.45) is 0 Å². The van der Waals surface area contributed by atoms with Crippen molar-refractivity contribution in [2.75, 3.05) is 0 Å². The summed E-state index contributed by atoms with van der Waals surface area (Å²) in [7, 11) is 0. The first-order valence-corrected chi connectivity index (χ1v) is 5.25. The summed E-state index contributed by atoms with van der Waals surface area (Å²) in [5, 5.41) is 9.64. The van der Waals surface area contributed by atoms with E-state index in [1.807, 2.05) is 18.2 Å². The van der Waals surface area contributed by atoms with Gasteiger partial charge in [0.2, 0.25) is 0 Å². The fourth-order valence-electron chi connectivity index (χ4n) is 0.796. The van der Waals surface area contributed by atoms with Crippen molar-refractivity contribution < 1.29 is 18.3 Å². The van der Waals surface area contributed by atoms with E-state index in [1.165, 1.54) is 23.9 Å². The molecule has 0 saturated carbocycles. The molecule has 0 aliphatic heterocycles. The van der Waals surface area contributed by atoms with Crippen LogP contribution in [0.3, 0.4) is 0 Å². The molecule has 0 radical (unpaired) electrons. The molecule has 0 unspecified atom stereocenters. The Morgan fingerprint density at radius 2 is 2.18 bits per heavy atom. The van der Waals surface area contributed by atoms with Crippen LogP contribution in [0.5, 0.6) is 0 Å². The molecule has 0 aromatic heterocycles. The molecule has 0 aliphatic carbocycles. The normalized spacial score (nSPS) is 8.09. The van der Waals surface area contributed by atoms with Crippen molar-refractivity contribution >= 4 is 17.0 Å². The predicted molar refractivity (Wildman–Crippen MR) is 45.2 cm³/mol. The van der Waals surface area contributed by atoms with Crippen LogP contribution in [0.2, 0.25) is 0 Å². The standard InChI is InChI=1S/C8H6N.BrH.Zn/c1-7-3-2-4-8(5-7)6-9;;/h2-5H,1H2;1H;. The molecule has 0 atom stereocenters. The second kappa shape index (κ2) is 5.46. The van der Waals surface area contributed by atoms with E-state index in [-0.39, 0.29) is 17.0 Å². The zero-order valence-electron chi connectivity index (χ0n) is 6.08. The first-order valence-electron chi connectivity index (χ1n) is 3.15. The first kappa shape index (κ1) is 10.8. The summed E-state index contributed by atoms with van der Waals surface area (Å²) in [6.45, 7) is 0. The molecule has 3 heteroatoms. The number of halogens is 1. The Labute approximate surface area is 86.9 Å². The second-order valence-electron chi connectivity index (χ2n) is 2.06. The summed E-state index contributed by atoms with van der Waals surface area (Å²) in [6, 6.07) is 9.89. The summed E-state index contributed by atoms with van der Waals surface area (Å²) in [5.74, 6) is 0. The van der Waals surface area contributed by atoms with Gasteiger partial charge in [-0.25, -0.2) is 0 Å². The number of hydrogen-bond acceptors (Lipinski definition) is 1. The third-order valence-corrected chi connectivity index (χ3v) is 2.56. The van der Waals surface area contributed by atoms with Crippen LogP contribution in [0.1, 0.15) is 11.1 Å². The Morgan fingerprint density at radius 3 is 2.73 bits per heavy atom. The number of hydrogen-bond donors (Lipinski definition) is 0. The van der Waals surface area contributed by atoms with Gasteiger partial charge in [-0.05, 0) is 0 Å². The molecule has 1 aromatic carbocycles. The number of nitriles is 1. The van der Waals surface area contributed by atoms with Gasteiger partial charge in [0.25, 0.3) is 0 Å². The maximum absolute atomic E-state index is 8.52. The van der Waals surface area contributed by atoms with Crippen LogP contribution in [0, 0.1) is 11.3 Å². The number of nitrogens with zero attached hydrogens (tertiary/aromatic N) is 1. The van der Waals surface area contributed by atoms with Gasteiger partial charge < -0.3 is 0 Å². The van der Waals surface area contributed by atoms with Gasteiger partial charge in [-0.1, -0.05) is 0 Å². The first-order chi connectivity index (χ1) is 4.86. The van der Waals surface area contributed by atoms with Crippen LogP contribution in [0.4, 0.5) is 0 Å². The molecule has 0 fully saturated rings. The summed E-state index contributed by atoms with van der Waals surface area (Å²) in [5.41, 5.74) is 2.05. The van der Waals surface area contributed by atoms with Crippen LogP contribution in [-0.4, -0.2) is 0 Å². The van der Waals surface area contributed by atoms with E-state index in [4.69, 9.17) is 5.26 Å². The van der Waals surface area contributed by atoms with Crippen LogP contribution in [0.25, 0.3) is 0 Å². The second-order valence-corrected chi connectivity index (χ2v) is 3.11. The summed E-state index contributed by atoms with van der Waals surface area (Å²) in [6.07, 6.45) is 0. The summed E-state index contributed by atoms with van der Waals surface area (Å²) in [4.78, 5) is 0. The van der Waals surface area contributed by atoms with Gasteiger partial charge in [-0.15, -0.1) is 17.0 Å². The quantitative estimate of drug-likeness (QED) is 0.712. The van der Waals surface area contributed by atoms with Gasteiger partial charge in [0.15, 0.2) is 0 Å². The Bertz CT molecular complexity index is 267. The van der Waals surface area contributed by atoms with Crippen molar-refractivity contribution in [3.05, 3.63) is 35.4 Å². The van der Waals surface area contributed by atoms with Crippen LogP contribution < -0.4 is 0 Å². The van der Waals surface area contributed by atoms with Gasteiger partial charge in [0.05, 0.1) is 0 Å². The summed E-state index contributed by atoms with van der Waals surface area (Å²) >= 11 is 1.26. The average Bonchev–Trinajstić information content (AvgIpc) is 2.05. The molecule has 0 aliphatic rings. The van der Waals surface area contributed by atoms with Gasteiger partial charge in [-0.3, -0.25) is 0 Å². The topological polar surface area (TPSA) is 23.8 Å². The molecule has 0 spiro atoms. The predicted octanol–water partition coefficient (Wildman–Crippen LogP) is 2.18. The molecule has 53 valence electrons. The monoisotopic (exact) mass is 260 g/mol. The maximum atomic E-state index is 8.52. The number of benzene rings is 1. The van der Waals surface area contributed by atoms with Crippen molar-refractivity contribution in [3.63, 3.8) is 0 Å². The molecular formula is C8H7BrNZn. The Kier molecular flexibility index (Phi) is 5.37. The SMILES string of the molecule is Br.N#Cc1cccc([CH2][Zn])c1. The van der Waals surface area contributed by atoms with Crippen molar-refractivity contribution in [1.29, 1.82) is 5.26 Å². The molecule has 0 bridgehead atoms. The van der Waals surface area contributed by atoms with Crippen molar-refractivity contribution in [3.8, 4) is 6.07 Å². The Morgan fingerprint density at radius 1 is 1.45 bits per heavy atom. The summed E-state index contributed by atoms with van der Waals surface area (Å²) < 4.78 is 0. The molecule has 0 heterocycles. The minimum atomic E-state index is 0. The van der Waals surface area contributed by atoms with Gasteiger partial charge >= 0.3 is 70.0 Å². The van der Waals surface area contributed by atoms with Crippen molar-refractivity contribution in [1.82, 2.24) is 0 Å². The Hall–Kier alpha value is -0.187. The van der Waals surface area contributed by atoms with Crippen LogP contribution in [-0.2, 0) is 23.3 Å². The fourth-order valence-corrected chi connectivity index (χ4v) is 1.45. The van der Waals surface area contributed by atoms with Crippen molar-refractivity contribution in [2.45, 2.75) is 5.02 Å². The van der Waals surface area contributed by atoms with E-state index in [2.05, 4.69) is 12.1 Å². The third kappa shape index (κ3) is 3.14. The van der Waals surface area contributed by atoms with E-state index < -0.39 is 0 Å². The minimum absolute atomic E-state index is 0. The van der Waals surface area contributed by atoms with Crippen LogP contribution in [0.15, 0.2) is 24.3 Å².